The fourth-order valence-electron chi connectivity index (χ4n) is 1.72. The van der Waals surface area contributed by atoms with Crippen molar-refractivity contribution >= 4 is 17.5 Å². The molecule has 0 radical (unpaired) electrons. The van der Waals surface area contributed by atoms with Crippen LogP contribution in [0.15, 0.2) is 30.6 Å². The van der Waals surface area contributed by atoms with E-state index in [2.05, 4.69) is 25.9 Å². The van der Waals surface area contributed by atoms with Crippen LogP contribution in [0.4, 0.5) is 20.7 Å². The normalized spacial score (nSPS) is 10.2. The van der Waals surface area contributed by atoms with E-state index in [1.54, 1.807) is 7.05 Å². The summed E-state index contributed by atoms with van der Waals surface area (Å²) in [6.45, 7) is 1.02. The second-order valence-electron chi connectivity index (χ2n) is 4.70. The van der Waals surface area contributed by atoms with Crippen LogP contribution in [-0.4, -0.2) is 41.1 Å². The van der Waals surface area contributed by atoms with Crippen LogP contribution in [0.25, 0.3) is 0 Å². The molecule has 0 bridgehead atoms. The second kappa shape index (κ2) is 8.49. The molecule has 11 heteroatoms. The molecule has 10 nitrogen and oxygen atoms in total. The molecule has 2 rings (SSSR count). The number of hydrogen-bond donors (Lipinski definition) is 3. The Hall–Kier alpha value is -3.34. The van der Waals surface area contributed by atoms with E-state index >= 15 is 0 Å². The molecule has 0 aliphatic carbocycles. The number of nitro benzene ring substituents is 1. The van der Waals surface area contributed by atoms with E-state index in [1.807, 2.05) is 0 Å². The van der Waals surface area contributed by atoms with E-state index in [9.17, 15) is 19.3 Å². The average Bonchev–Trinajstić information content (AvgIpc) is 2.57. The van der Waals surface area contributed by atoms with Crippen LogP contribution in [0, 0.1) is 15.9 Å². The Labute approximate surface area is 141 Å². The summed E-state index contributed by atoms with van der Waals surface area (Å²) in [6.07, 6.45) is 1.13. The zero-order valence-electron chi connectivity index (χ0n) is 13.2. The maximum atomic E-state index is 13.8. The van der Waals surface area contributed by atoms with Crippen LogP contribution in [-0.2, 0) is 0 Å². The average molecular weight is 350 g/mol. The summed E-state index contributed by atoms with van der Waals surface area (Å²) < 4.78 is 19.1. The summed E-state index contributed by atoms with van der Waals surface area (Å²) in [6, 6.07) is 3.78. The first-order chi connectivity index (χ1) is 12.0. The predicted octanol–water partition coefficient (Wildman–Crippen LogP) is 1.66. The maximum absolute atomic E-state index is 13.8. The van der Waals surface area contributed by atoms with E-state index < -0.39 is 22.5 Å². The van der Waals surface area contributed by atoms with Gasteiger partial charge in [-0.3, -0.25) is 15.4 Å². The van der Waals surface area contributed by atoms with Crippen molar-refractivity contribution < 1.29 is 18.8 Å². The summed E-state index contributed by atoms with van der Waals surface area (Å²) in [5.74, 6) is -1.04. The number of ether oxygens (including phenoxy) is 1. The van der Waals surface area contributed by atoms with Gasteiger partial charge in [0.05, 0.1) is 11.0 Å². The zero-order valence-corrected chi connectivity index (χ0v) is 13.2. The van der Waals surface area contributed by atoms with Crippen molar-refractivity contribution in [2.75, 3.05) is 25.5 Å². The van der Waals surface area contributed by atoms with Gasteiger partial charge in [-0.05, 0) is 13.1 Å². The van der Waals surface area contributed by atoms with Crippen LogP contribution < -0.4 is 20.7 Å². The number of rotatable bonds is 7. The topological polar surface area (TPSA) is 131 Å². The molecule has 2 aromatic rings. The summed E-state index contributed by atoms with van der Waals surface area (Å²) in [5, 5.41) is 18.5. The summed E-state index contributed by atoms with van der Waals surface area (Å²) in [7, 11) is 1.75. The number of nitrogens with zero attached hydrogens (tertiary/aromatic N) is 3. The highest BCUT2D eigenvalue weighted by molar-refractivity contribution is 5.88. The van der Waals surface area contributed by atoms with Crippen molar-refractivity contribution in [1.82, 2.24) is 20.6 Å². The minimum absolute atomic E-state index is 0.0340. The molecule has 0 atom stereocenters. The number of nitrogens with one attached hydrogen (secondary N) is 3. The number of carbonyl (C=O) groups excluding carboxylic acids is 1. The molecule has 0 saturated heterocycles. The van der Waals surface area contributed by atoms with Crippen LogP contribution >= 0.6 is 0 Å². The van der Waals surface area contributed by atoms with E-state index in [1.165, 1.54) is 6.07 Å². The number of benzene rings is 1. The minimum atomic E-state index is -0.910. The van der Waals surface area contributed by atoms with Gasteiger partial charge in [0.2, 0.25) is 5.88 Å². The van der Waals surface area contributed by atoms with Gasteiger partial charge in [0.25, 0.3) is 5.69 Å². The Balaban J connectivity index is 2.04. The molecule has 1 aromatic carbocycles. The lowest BCUT2D eigenvalue weighted by Gasteiger charge is -2.08. The van der Waals surface area contributed by atoms with E-state index in [4.69, 9.17) is 4.74 Å². The van der Waals surface area contributed by atoms with Crippen molar-refractivity contribution in [3.63, 3.8) is 0 Å². The minimum Gasteiger partial charge on any atom is -0.436 e. The standard InChI is InChI=1S/C14H15FN6O4/c1-16-4-5-17-14(22)20-12-7-13(19-8-18-12)25-11-3-2-9(21(23)24)6-10(11)15/h2-3,6-8,16H,4-5H2,1H3,(H2,17,18,19,20,22). The Kier molecular flexibility index (Phi) is 6.12. The van der Waals surface area contributed by atoms with Gasteiger partial charge in [0, 0.05) is 25.2 Å². The molecule has 0 aliphatic heterocycles. The quantitative estimate of drug-likeness (QED) is 0.393. The van der Waals surface area contributed by atoms with Gasteiger partial charge in [-0.15, -0.1) is 0 Å². The Morgan fingerprint density at radius 2 is 2.12 bits per heavy atom. The van der Waals surface area contributed by atoms with Gasteiger partial charge in [-0.1, -0.05) is 0 Å². The van der Waals surface area contributed by atoms with Crippen LogP contribution in [0.5, 0.6) is 11.6 Å². The van der Waals surface area contributed by atoms with Crippen molar-refractivity contribution in [2.45, 2.75) is 0 Å². The smallest absolute Gasteiger partial charge is 0.320 e. The van der Waals surface area contributed by atoms with Gasteiger partial charge in [-0.2, -0.15) is 0 Å². The predicted molar refractivity (Wildman–Crippen MR) is 86.1 cm³/mol. The SMILES string of the molecule is CNCCNC(=O)Nc1cc(Oc2ccc([N+](=O)[O-])cc2F)ncn1. The van der Waals surface area contributed by atoms with Crippen molar-refractivity contribution in [1.29, 1.82) is 0 Å². The van der Waals surface area contributed by atoms with E-state index in [0.29, 0.717) is 13.1 Å². The number of aromatic nitrogens is 2. The molecular formula is C14H15FN6O4. The fraction of sp³-hybridized carbons (Fsp3) is 0.214. The Morgan fingerprint density at radius 1 is 1.32 bits per heavy atom. The fourth-order valence-corrected chi connectivity index (χ4v) is 1.72. The number of hydrogen-bond acceptors (Lipinski definition) is 7. The number of halogens is 1. The first-order valence-electron chi connectivity index (χ1n) is 7.13. The van der Waals surface area contributed by atoms with Crippen molar-refractivity contribution in [3.8, 4) is 11.6 Å². The summed E-state index contributed by atoms with van der Waals surface area (Å²) in [4.78, 5) is 29.2. The Bertz CT molecular complexity index is 773. The third kappa shape index (κ3) is 5.35. The number of likely N-dealkylation sites (N-methyl/N-ethyl adjacent to an activating group) is 1. The van der Waals surface area contributed by atoms with Gasteiger partial charge >= 0.3 is 6.03 Å². The third-order valence-electron chi connectivity index (χ3n) is 2.88. The summed E-state index contributed by atoms with van der Waals surface area (Å²) >= 11 is 0. The number of urea groups is 1. The lowest BCUT2D eigenvalue weighted by Crippen LogP contribution is -2.34. The van der Waals surface area contributed by atoms with Crippen molar-refractivity contribution in [3.05, 3.63) is 46.5 Å². The molecule has 1 heterocycles. The maximum Gasteiger partial charge on any atom is 0.320 e. The molecule has 0 fully saturated rings. The molecule has 3 N–H and O–H groups in total. The zero-order chi connectivity index (χ0) is 18.2. The van der Waals surface area contributed by atoms with E-state index in [0.717, 1.165) is 24.5 Å². The van der Waals surface area contributed by atoms with Crippen LogP contribution in [0.1, 0.15) is 0 Å². The molecule has 1 aromatic heterocycles. The highest BCUT2D eigenvalue weighted by Gasteiger charge is 2.13. The number of anilines is 1. The first-order valence-corrected chi connectivity index (χ1v) is 7.13. The third-order valence-corrected chi connectivity index (χ3v) is 2.88. The highest BCUT2D eigenvalue weighted by Crippen LogP contribution is 2.26. The van der Waals surface area contributed by atoms with E-state index in [-0.39, 0.29) is 17.4 Å². The molecule has 2 amide bonds. The number of amides is 2. The first kappa shape index (κ1) is 18.0. The highest BCUT2D eigenvalue weighted by atomic mass is 19.1. The van der Waals surface area contributed by atoms with Crippen molar-refractivity contribution in [2.24, 2.45) is 0 Å². The number of nitro groups is 1. The summed E-state index contributed by atoms with van der Waals surface area (Å²) in [5.41, 5.74) is -0.395. The number of carbonyl (C=O) groups is 1. The van der Waals surface area contributed by atoms with Gasteiger partial charge in [0.15, 0.2) is 11.6 Å². The van der Waals surface area contributed by atoms with Gasteiger partial charge in [-0.25, -0.2) is 19.2 Å². The molecule has 0 spiro atoms. The monoisotopic (exact) mass is 350 g/mol. The second-order valence-corrected chi connectivity index (χ2v) is 4.70. The van der Waals surface area contributed by atoms with Gasteiger partial charge in [0.1, 0.15) is 12.1 Å². The molecule has 25 heavy (non-hydrogen) atoms. The Morgan fingerprint density at radius 3 is 2.80 bits per heavy atom. The molecule has 0 saturated carbocycles. The molecule has 0 aliphatic rings. The lowest BCUT2D eigenvalue weighted by molar-refractivity contribution is -0.385. The molecule has 0 unspecified atom stereocenters. The largest absolute Gasteiger partial charge is 0.436 e. The van der Waals surface area contributed by atoms with Crippen LogP contribution in [0.2, 0.25) is 0 Å². The molecule has 132 valence electrons. The lowest BCUT2D eigenvalue weighted by atomic mass is 10.3. The van der Waals surface area contributed by atoms with Crippen LogP contribution in [0.3, 0.4) is 0 Å². The number of non-ortho nitro benzene ring substituents is 1. The van der Waals surface area contributed by atoms with Gasteiger partial charge < -0.3 is 15.4 Å². The molecular weight excluding hydrogens is 335 g/mol.